The minimum absolute atomic E-state index is 0.0231. The van der Waals surface area contributed by atoms with Crippen LogP contribution < -0.4 is 5.32 Å². The Morgan fingerprint density at radius 3 is 2.86 bits per heavy atom. The van der Waals surface area contributed by atoms with Crippen molar-refractivity contribution in [3.8, 4) is 5.82 Å². The predicted octanol–water partition coefficient (Wildman–Crippen LogP) is 4.72. The second-order valence-electron chi connectivity index (χ2n) is 7.04. The smallest absolute Gasteiger partial charge is 0.308 e. The number of carbonyl (C=O) groups is 1. The average Bonchev–Trinajstić information content (AvgIpc) is 3.14. The number of nitrogens with one attached hydrogen (secondary N) is 1. The number of benzene rings is 1. The summed E-state index contributed by atoms with van der Waals surface area (Å²) in [5, 5.41) is 4.58. The zero-order chi connectivity index (χ0) is 19.5. The molecule has 7 heteroatoms. The van der Waals surface area contributed by atoms with E-state index in [1.807, 2.05) is 31.3 Å². The first kappa shape index (κ1) is 18.9. The van der Waals surface area contributed by atoms with Crippen molar-refractivity contribution in [1.29, 1.82) is 0 Å². The molecule has 0 bridgehead atoms. The average molecular weight is 443 g/mol. The minimum atomic E-state index is -0.0650. The molecule has 1 N–H and O–H groups in total. The quantitative estimate of drug-likeness (QED) is 0.578. The Labute approximate surface area is 172 Å². The molecular weight excluding hydrogens is 420 g/mol. The van der Waals surface area contributed by atoms with E-state index in [0.29, 0.717) is 12.6 Å². The summed E-state index contributed by atoms with van der Waals surface area (Å²) < 4.78 is 8.27. The maximum atomic E-state index is 11.9. The van der Waals surface area contributed by atoms with Gasteiger partial charge in [-0.25, -0.2) is 4.98 Å². The summed E-state index contributed by atoms with van der Waals surface area (Å²) in [5.41, 5.74) is 1.09. The fourth-order valence-electron chi connectivity index (χ4n) is 3.80. The number of halogens is 1. The molecule has 0 unspecified atom stereocenters. The molecule has 28 heavy (non-hydrogen) atoms. The Morgan fingerprint density at radius 1 is 1.25 bits per heavy atom. The highest BCUT2D eigenvalue weighted by Crippen LogP contribution is 2.28. The third-order valence-electron chi connectivity index (χ3n) is 5.25. The molecule has 3 aromatic rings. The molecule has 4 rings (SSSR count). The molecule has 146 valence electrons. The van der Waals surface area contributed by atoms with Crippen molar-refractivity contribution in [3.63, 3.8) is 0 Å². The molecule has 2 heterocycles. The topological polar surface area (TPSA) is 69.0 Å². The van der Waals surface area contributed by atoms with Gasteiger partial charge in [0, 0.05) is 28.3 Å². The van der Waals surface area contributed by atoms with E-state index < -0.39 is 0 Å². The van der Waals surface area contributed by atoms with Gasteiger partial charge < -0.3 is 14.6 Å². The lowest BCUT2D eigenvalue weighted by molar-refractivity contribution is -0.149. The molecule has 0 saturated heterocycles. The van der Waals surface area contributed by atoms with Gasteiger partial charge in [-0.1, -0.05) is 22.0 Å². The Balaban J connectivity index is 1.46. The van der Waals surface area contributed by atoms with Crippen LogP contribution in [0.5, 0.6) is 0 Å². The molecule has 0 amide bonds. The van der Waals surface area contributed by atoms with Crippen LogP contribution in [0.15, 0.2) is 47.2 Å². The molecule has 0 spiro atoms. The monoisotopic (exact) mass is 442 g/mol. The van der Waals surface area contributed by atoms with E-state index in [-0.39, 0.29) is 17.9 Å². The van der Waals surface area contributed by atoms with Gasteiger partial charge in [-0.05, 0) is 56.9 Å². The molecule has 1 aromatic carbocycles. The van der Waals surface area contributed by atoms with Crippen LogP contribution in [0, 0.1) is 5.92 Å². The molecule has 2 aromatic heterocycles. The number of rotatable bonds is 5. The molecular formula is C21H23BrN4O2. The Kier molecular flexibility index (Phi) is 5.62. The lowest BCUT2D eigenvalue weighted by atomic mass is 9.86. The molecule has 0 aliphatic heterocycles. The van der Waals surface area contributed by atoms with E-state index in [1.54, 1.807) is 6.20 Å². The molecule has 0 atom stereocenters. The van der Waals surface area contributed by atoms with E-state index in [2.05, 4.69) is 42.9 Å². The van der Waals surface area contributed by atoms with Gasteiger partial charge in [0.25, 0.3) is 0 Å². The van der Waals surface area contributed by atoms with Gasteiger partial charge in [-0.3, -0.25) is 4.79 Å². The van der Waals surface area contributed by atoms with Crippen LogP contribution in [-0.4, -0.2) is 33.2 Å². The van der Waals surface area contributed by atoms with Gasteiger partial charge >= 0.3 is 5.97 Å². The van der Waals surface area contributed by atoms with E-state index in [4.69, 9.17) is 9.72 Å². The number of carbonyl (C=O) groups excluding carboxylic acids is 1. The maximum absolute atomic E-state index is 11.9. The van der Waals surface area contributed by atoms with Crippen molar-refractivity contribution in [3.05, 3.63) is 47.2 Å². The number of hydrogen-bond acceptors (Lipinski definition) is 5. The zero-order valence-electron chi connectivity index (χ0n) is 15.8. The lowest BCUT2D eigenvalue weighted by Gasteiger charge is -2.27. The summed E-state index contributed by atoms with van der Waals surface area (Å²) >= 11 is 3.60. The van der Waals surface area contributed by atoms with Gasteiger partial charge in [0.15, 0.2) is 0 Å². The maximum Gasteiger partial charge on any atom is 0.308 e. The number of fused-ring (bicyclic) bond motifs is 1. The third kappa shape index (κ3) is 3.90. The van der Waals surface area contributed by atoms with Crippen LogP contribution in [0.4, 0.5) is 5.95 Å². The van der Waals surface area contributed by atoms with Gasteiger partial charge in [0.1, 0.15) is 5.82 Å². The van der Waals surface area contributed by atoms with E-state index >= 15 is 0 Å². The Hall–Kier alpha value is -2.41. The standard InChI is InChI=1S/C21H23BrN4O2/c1-2-28-20(27)14-6-8-15(9-7-14)24-21-23-12-10-19(25-21)26-13-11-16-17(22)4-3-5-18(16)26/h3-5,10-15H,2,6-9H2,1H3,(H,23,24,25). The highest BCUT2D eigenvalue weighted by atomic mass is 79.9. The molecule has 1 fully saturated rings. The normalized spacial score (nSPS) is 19.5. The lowest BCUT2D eigenvalue weighted by Crippen LogP contribution is -2.30. The van der Waals surface area contributed by atoms with Crippen LogP contribution in [0.3, 0.4) is 0 Å². The Bertz CT molecular complexity index is 979. The highest BCUT2D eigenvalue weighted by molar-refractivity contribution is 9.10. The molecule has 6 nitrogen and oxygen atoms in total. The van der Waals surface area contributed by atoms with Crippen molar-refractivity contribution >= 4 is 38.8 Å². The summed E-state index contributed by atoms with van der Waals surface area (Å²) in [6.45, 7) is 2.30. The van der Waals surface area contributed by atoms with Gasteiger partial charge in [0.05, 0.1) is 18.0 Å². The van der Waals surface area contributed by atoms with Crippen LogP contribution in [-0.2, 0) is 9.53 Å². The largest absolute Gasteiger partial charge is 0.466 e. The fraction of sp³-hybridized carbons (Fsp3) is 0.381. The van der Waals surface area contributed by atoms with Crippen LogP contribution in [0.2, 0.25) is 0 Å². The molecule has 0 radical (unpaired) electrons. The zero-order valence-corrected chi connectivity index (χ0v) is 17.4. The highest BCUT2D eigenvalue weighted by Gasteiger charge is 2.27. The summed E-state index contributed by atoms with van der Waals surface area (Å²) in [4.78, 5) is 21.0. The molecule has 1 aliphatic carbocycles. The number of anilines is 1. The summed E-state index contributed by atoms with van der Waals surface area (Å²) in [6, 6.07) is 10.4. The second-order valence-corrected chi connectivity index (χ2v) is 7.90. The first-order valence-electron chi connectivity index (χ1n) is 9.68. The van der Waals surface area contributed by atoms with Crippen molar-refractivity contribution in [2.75, 3.05) is 11.9 Å². The number of nitrogens with zero attached hydrogens (tertiary/aromatic N) is 3. The summed E-state index contributed by atoms with van der Waals surface area (Å²) in [5.74, 6) is 1.40. The van der Waals surface area contributed by atoms with E-state index in [0.717, 1.165) is 46.9 Å². The SMILES string of the molecule is CCOC(=O)C1CCC(Nc2nccc(-n3ccc4c(Br)cccc43)n2)CC1. The summed E-state index contributed by atoms with van der Waals surface area (Å²) in [6.07, 6.45) is 7.30. The number of aromatic nitrogens is 3. The van der Waals surface area contributed by atoms with Gasteiger partial charge in [-0.15, -0.1) is 0 Å². The van der Waals surface area contributed by atoms with Gasteiger partial charge in [-0.2, -0.15) is 4.98 Å². The predicted molar refractivity (Wildman–Crippen MR) is 113 cm³/mol. The second kappa shape index (κ2) is 8.31. The number of hydrogen-bond donors (Lipinski definition) is 1. The van der Waals surface area contributed by atoms with Crippen LogP contribution >= 0.6 is 15.9 Å². The fourth-order valence-corrected chi connectivity index (χ4v) is 4.29. The van der Waals surface area contributed by atoms with Crippen LogP contribution in [0.1, 0.15) is 32.6 Å². The first-order chi connectivity index (χ1) is 13.7. The van der Waals surface area contributed by atoms with Gasteiger partial charge in [0.2, 0.25) is 5.95 Å². The van der Waals surface area contributed by atoms with Crippen molar-refractivity contribution < 1.29 is 9.53 Å². The number of esters is 1. The third-order valence-corrected chi connectivity index (χ3v) is 5.94. The Morgan fingerprint density at radius 2 is 2.07 bits per heavy atom. The first-order valence-corrected chi connectivity index (χ1v) is 10.5. The summed E-state index contributed by atoms with van der Waals surface area (Å²) in [7, 11) is 0. The van der Waals surface area contributed by atoms with Crippen molar-refractivity contribution in [2.45, 2.75) is 38.6 Å². The van der Waals surface area contributed by atoms with Crippen LogP contribution in [0.25, 0.3) is 16.7 Å². The minimum Gasteiger partial charge on any atom is -0.466 e. The van der Waals surface area contributed by atoms with Crippen molar-refractivity contribution in [1.82, 2.24) is 14.5 Å². The number of ether oxygens (including phenoxy) is 1. The molecule has 1 saturated carbocycles. The van der Waals surface area contributed by atoms with E-state index in [1.165, 1.54) is 0 Å². The van der Waals surface area contributed by atoms with E-state index in [9.17, 15) is 4.79 Å². The van der Waals surface area contributed by atoms with Crippen molar-refractivity contribution in [2.24, 2.45) is 5.92 Å². The molecule has 1 aliphatic rings.